The van der Waals surface area contributed by atoms with Crippen molar-refractivity contribution >= 4 is 17.7 Å². The molecule has 8 heteroatoms. The van der Waals surface area contributed by atoms with Gasteiger partial charge in [0.15, 0.2) is 11.4 Å². The molecule has 8 nitrogen and oxygen atoms in total. The fourth-order valence-electron chi connectivity index (χ4n) is 1.86. The maximum Gasteiger partial charge on any atom is 0.331 e. The SMILES string of the molecule is Cn1cc(CCC(=O)Nc2ccn(C(C)(C)C(=O)O)n2)cn1. The van der Waals surface area contributed by atoms with Crippen LogP contribution in [0.3, 0.4) is 0 Å². The van der Waals surface area contributed by atoms with E-state index in [1.807, 2.05) is 13.2 Å². The van der Waals surface area contributed by atoms with Gasteiger partial charge in [0.25, 0.3) is 0 Å². The Labute approximate surface area is 127 Å². The minimum Gasteiger partial charge on any atom is -0.479 e. The quantitative estimate of drug-likeness (QED) is 0.829. The van der Waals surface area contributed by atoms with Crippen LogP contribution in [-0.4, -0.2) is 36.5 Å². The van der Waals surface area contributed by atoms with Crippen molar-refractivity contribution in [2.45, 2.75) is 32.2 Å². The lowest BCUT2D eigenvalue weighted by molar-refractivity contribution is -0.146. The maximum absolute atomic E-state index is 11.9. The summed E-state index contributed by atoms with van der Waals surface area (Å²) in [5, 5.41) is 19.9. The predicted molar refractivity (Wildman–Crippen MR) is 79.3 cm³/mol. The molecule has 2 N–H and O–H groups in total. The van der Waals surface area contributed by atoms with Gasteiger partial charge >= 0.3 is 5.97 Å². The second kappa shape index (κ2) is 6.00. The number of carbonyl (C=O) groups is 2. The van der Waals surface area contributed by atoms with Gasteiger partial charge in [-0.15, -0.1) is 0 Å². The van der Waals surface area contributed by atoms with Gasteiger partial charge in [-0.05, 0) is 25.8 Å². The van der Waals surface area contributed by atoms with E-state index in [0.29, 0.717) is 18.7 Å². The van der Waals surface area contributed by atoms with E-state index < -0.39 is 11.5 Å². The average molecular weight is 305 g/mol. The first-order valence-electron chi connectivity index (χ1n) is 6.86. The Balaban J connectivity index is 1.92. The van der Waals surface area contributed by atoms with Gasteiger partial charge < -0.3 is 10.4 Å². The Morgan fingerprint density at radius 2 is 2.14 bits per heavy atom. The largest absolute Gasteiger partial charge is 0.479 e. The van der Waals surface area contributed by atoms with E-state index in [4.69, 9.17) is 5.11 Å². The third kappa shape index (κ3) is 3.51. The second-order valence-corrected chi connectivity index (χ2v) is 5.58. The number of anilines is 1. The summed E-state index contributed by atoms with van der Waals surface area (Å²) in [6.45, 7) is 3.08. The molecule has 0 unspecified atom stereocenters. The fourth-order valence-corrected chi connectivity index (χ4v) is 1.86. The van der Waals surface area contributed by atoms with Crippen LogP contribution in [0, 0.1) is 0 Å². The number of nitrogens with one attached hydrogen (secondary N) is 1. The van der Waals surface area contributed by atoms with Crippen LogP contribution in [-0.2, 0) is 28.6 Å². The van der Waals surface area contributed by atoms with Crippen LogP contribution in [0.4, 0.5) is 5.82 Å². The van der Waals surface area contributed by atoms with Crippen molar-refractivity contribution in [2.75, 3.05) is 5.32 Å². The zero-order valence-electron chi connectivity index (χ0n) is 12.8. The minimum atomic E-state index is -1.17. The van der Waals surface area contributed by atoms with Gasteiger partial charge in [-0.25, -0.2) is 4.79 Å². The normalized spacial score (nSPS) is 11.4. The number of amides is 1. The number of carboxylic acids is 1. The van der Waals surface area contributed by atoms with Gasteiger partial charge in [-0.1, -0.05) is 0 Å². The lowest BCUT2D eigenvalue weighted by Gasteiger charge is -2.19. The summed E-state index contributed by atoms with van der Waals surface area (Å²) in [5.41, 5.74) is -0.186. The van der Waals surface area contributed by atoms with Crippen molar-refractivity contribution in [3.05, 3.63) is 30.2 Å². The molecule has 2 rings (SSSR count). The summed E-state index contributed by atoms with van der Waals surface area (Å²) in [6, 6.07) is 1.58. The Kier molecular flexibility index (Phi) is 4.30. The number of nitrogens with zero attached hydrogens (tertiary/aromatic N) is 4. The summed E-state index contributed by atoms with van der Waals surface area (Å²) in [7, 11) is 1.82. The van der Waals surface area contributed by atoms with E-state index in [9.17, 15) is 9.59 Å². The Morgan fingerprint density at radius 3 is 2.73 bits per heavy atom. The van der Waals surface area contributed by atoms with Gasteiger partial charge in [0.2, 0.25) is 5.91 Å². The van der Waals surface area contributed by atoms with Gasteiger partial charge in [0, 0.05) is 31.9 Å². The summed E-state index contributed by atoms with van der Waals surface area (Å²) in [5.74, 6) is -0.835. The van der Waals surface area contributed by atoms with Crippen molar-refractivity contribution in [2.24, 2.45) is 7.05 Å². The summed E-state index contributed by atoms with van der Waals surface area (Å²) >= 11 is 0. The molecule has 0 atom stereocenters. The summed E-state index contributed by atoms with van der Waals surface area (Å²) < 4.78 is 2.99. The van der Waals surface area contributed by atoms with E-state index in [-0.39, 0.29) is 5.91 Å². The minimum absolute atomic E-state index is 0.178. The lowest BCUT2D eigenvalue weighted by atomic mass is 10.1. The van der Waals surface area contributed by atoms with Crippen molar-refractivity contribution in [1.29, 1.82) is 0 Å². The van der Waals surface area contributed by atoms with Crippen LogP contribution in [0.2, 0.25) is 0 Å². The number of carbonyl (C=O) groups excluding carboxylic acids is 1. The van der Waals surface area contributed by atoms with Gasteiger partial charge in [0.05, 0.1) is 6.20 Å². The average Bonchev–Trinajstić information content (AvgIpc) is 3.05. The number of hydrogen-bond donors (Lipinski definition) is 2. The molecule has 0 bridgehead atoms. The number of carboxylic acid groups (broad SMARTS) is 1. The summed E-state index contributed by atoms with van der Waals surface area (Å²) in [6.07, 6.45) is 6.00. The highest BCUT2D eigenvalue weighted by Gasteiger charge is 2.30. The molecule has 2 heterocycles. The monoisotopic (exact) mass is 305 g/mol. The highest BCUT2D eigenvalue weighted by molar-refractivity contribution is 5.89. The molecule has 0 aliphatic heterocycles. The number of aliphatic carboxylic acids is 1. The molecule has 0 aliphatic rings. The molecular formula is C14H19N5O3. The second-order valence-electron chi connectivity index (χ2n) is 5.58. The maximum atomic E-state index is 11.9. The first-order valence-corrected chi connectivity index (χ1v) is 6.86. The van der Waals surface area contributed by atoms with E-state index in [1.54, 1.807) is 16.9 Å². The molecule has 0 radical (unpaired) electrons. The van der Waals surface area contributed by atoms with Crippen LogP contribution < -0.4 is 5.32 Å². The fraction of sp³-hybridized carbons (Fsp3) is 0.429. The van der Waals surface area contributed by atoms with E-state index in [2.05, 4.69) is 15.5 Å². The topological polar surface area (TPSA) is 102 Å². The zero-order valence-corrected chi connectivity index (χ0v) is 12.8. The Bertz CT molecular complexity index is 686. The van der Waals surface area contributed by atoms with Crippen molar-refractivity contribution in [1.82, 2.24) is 19.6 Å². The summed E-state index contributed by atoms with van der Waals surface area (Å²) in [4.78, 5) is 23.0. The molecule has 0 spiro atoms. The zero-order chi connectivity index (χ0) is 16.3. The van der Waals surface area contributed by atoms with Crippen LogP contribution in [0.5, 0.6) is 0 Å². The highest BCUT2D eigenvalue weighted by atomic mass is 16.4. The van der Waals surface area contributed by atoms with E-state index in [0.717, 1.165) is 5.56 Å². The first-order chi connectivity index (χ1) is 10.3. The molecule has 0 aromatic carbocycles. The molecule has 0 fully saturated rings. The van der Waals surface area contributed by atoms with Gasteiger partial charge in [-0.2, -0.15) is 10.2 Å². The van der Waals surface area contributed by atoms with Crippen LogP contribution in [0.15, 0.2) is 24.7 Å². The Hall–Kier alpha value is -2.64. The predicted octanol–water partition coefficient (Wildman–Crippen LogP) is 1.01. The van der Waals surface area contributed by atoms with Crippen LogP contribution in [0.1, 0.15) is 25.8 Å². The van der Waals surface area contributed by atoms with Crippen LogP contribution in [0.25, 0.3) is 0 Å². The first kappa shape index (κ1) is 15.7. The third-order valence-electron chi connectivity index (χ3n) is 3.35. The highest BCUT2D eigenvalue weighted by Crippen LogP contribution is 2.16. The van der Waals surface area contributed by atoms with Crippen molar-refractivity contribution in [3.8, 4) is 0 Å². The molecule has 2 aromatic heterocycles. The standard InChI is InChI=1S/C14H19N5O3/c1-14(2,13(21)22)19-7-6-11(17-19)16-12(20)5-4-10-8-15-18(3)9-10/h6-9H,4-5H2,1-3H3,(H,21,22)(H,16,17,20). The lowest BCUT2D eigenvalue weighted by Crippen LogP contribution is -2.36. The third-order valence-corrected chi connectivity index (χ3v) is 3.35. The number of rotatable bonds is 6. The van der Waals surface area contributed by atoms with Gasteiger partial charge in [0.1, 0.15) is 0 Å². The molecule has 0 saturated heterocycles. The number of aryl methyl sites for hydroxylation is 2. The number of aromatic nitrogens is 4. The molecule has 0 aliphatic carbocycles. The van der Waals surface area contributed by atoms with Crippen molar-refractivity contribution in [3.63, 3.8) is 0 Å². The molecular weight excluding hydrogens is 286 g/mol. The molecule has 22 heavy (non-hydrogen) atoms. The van der Waals surface area contributed by atoms with Crippen molar-refractivity contribution < 1.29 is 14.7 Å². The molecule has 0 saturated carbocycles. The van der Waals surface area contributed by atoms with Crippen LogP contribution >= 0.6 is 0 Å². The molecule has 1 amide bonds. The van der Waals surface area contributed by atoms with Gasteiger partial charge in [-0.3, -0.25) is 14.2 Å². The van der Waals surface area contributed by atoms with E-state index in [1.165, 1.54) is 24.7 Å². The number of hydrogen-bond acceptors (Lipinski definition) is 4. The molecule has 118 valence electrons. The Morgan fingerprint density at radius 1 is 1.41 bits per heavy atom. The smallest absolute Gasteiger partial charge is 0.331 e. The molecule has 2 aromatic rings. The van der Waals surface area contributed by atoms with E-state index >= 15 is 0 Å².